The molecule has 2 saturated heterocycles. The molecule has 1 aromatic heterocycles. The molecular weight excluding hydrogens is 366 g/mol. The van der Waals surface area contributed by atoms with E-state index in [2.05, 4.69) is 10.3 Å². The number of carbonyl (C=O) groups is 2. The summed E-state index contributed by atoms with van der Waals surface area (Å²) >= 11 is 0. The quantitative estimate of drug-likeness (QED) is 0.848. The smallest absolute Gasteiger partial charge is 0.269 e. The SMILES string of the molecule is O=C(NCC1CCC2(CCN(C(=O)Cc3ccccc3)CC2)O1)c1ccccn1. The highest BCUT2D eigenvalue weighted by Crippen LogP contribution is 2.38. The van der Waals surface area contributed by atoms with Gasteiger partial charge in [-0.2, -0.15) is 0 Å². The van der Waals surface area contributed by atoms with E-state index in [0.717, 1.165) is 44.3 Å². The molecule has 2 amide bonds. The van der Waals surface area contributed by atoms with Crippen molar-refractivity contribution in [3.8, 4) is 0 Å². The summed E-state index contributed by atoms with van der Waals surface area (Å²) in [5.41, 5.74) is 1.33. The van der Waals surface area contributed by atoms with E-state index in [4.69, 9.17) is 4.74 Å². The average Bonchev–Trinajstić information content (AvgIpc) is 3.16. The third kappa shape index (κ3) is 4.82. The number of hydrogen-bond donors (Lipinski definition) is 1. The van der Waals surface area contributed by atoms with Crippen LogP contribution in [0.1, 0.15) is 41.7 Å². The summed E-state index contributed by atoms with van der Waals surface area (Å²) in [6, 6.07) is 15.2. The van der Waals surface area contributed by atoms with Crippen molar-refractivity contribution in [1.82, 2.24) is 15.2 Å². The van der Waals surface area contributed by atoms with E-state index in [1.807, 2.05) is 35.2 Å². The van der Waals surface area contributed by atoms with Crippen LogP contribution >= 0.6 is 0 Å². The van der Waals surface area contributed by atoms with Crippen molar-refractivity contribution < 1.29 is 14.3 Å². The number of benzene rings is 1. The largest absolute Gasteiger partial charge is 0.370 e. The molecule has 152 valence electrons. The van der Waals surface area contributed by atoms with Gasteiger partial charge in [-0.15, -0.1) is 0 Å². The second-order valence-electron chi connectivity index (χ2n) is 7.93. The molecule has 0 radical (unpaired) electrons. The Kier molecular flexibility index (Phi) is 5.90. The number of likely N-dealkylation sites (tertiary alicyclic amines) is 1. The third-order valence-electron chi connectivity index (χ3n) is 5.95. The molecule has 0 bridgehead atoms. The number of pyridine rings is 1. The minimum absolute atomic E-state index is 0.0224. The van der Waals surface area contributed by atoms with Gasteiger partial charge < -0.3 is 15.0 Å². The van der Waals surface area contributed by atoms with E-state index in [1.165, 1.54) is 0 Å². The number of nitrogens with one attached hydrogen (secondary N) is 1. The van der Waals surface area contributed by atoms with Crippen molar-refractivity contribution in [2.45, 2.75) is 43.8 Å². The fourth-order valence-corrected chi connectivity index (χ4v) is 4.25. The van der Waals surface area contributed by atoms with Gasteiger partial charge in [-0.1, -0.05) is 36.4 Å². The van der Waals surface area contributed by atoms with E-state index in [0.29, 0.717) is 18.7 Å². The number of ether oxygens (including phenoxy) is 1. The Balaban J connectivity index is 1.23. The Morgan fingerprint density at radius 1 is 1.07 bits per heavy atom. The number of nitrogens with zero attached hydrogens (tertiary/aromatic N) is 2. The molecule has 2 aliphatic rings. The van der Waals surface area contributed by atoms with Crippen LogP contribution in [0, 0.1) is 0 Å². The average molecular weight is 393 g/mol. The summed E-state index contributed by atoms with van der Waals surface area (Å²) in [6.45, 7) is 1.96. The van der Waals surface area contributed by atoms with Gasteiger partial charge in [-0.3, -0.25) is 14.6 Å². The van der Waals surface area contributed by atoms with Crippen LogP contribution in [0.5, 0.6) is 0 Å². The maximum atomic E-state index is 12.6. The zero-order valence-electron chi connectivity index (χ0n) is 16.5. The fraction of sp³-hybridized carbons (Fsp3) is 0.435. The molecule has 4 rings (SSSR count). The van der Waals surface area contributed by atoms with Gasteiger partial charge in [0.1, 0.15) is 5.69 Å². The van der Waals surface area contributed by atoms with E-state index < -0.39 is 0 Å². The summed E-state index contributed by atoms with van der Waals surface area (Å²) < 4.78 is 6.35. The van der Waals surface area contributed by atoms with Crippen molar-refractivity contribution in [3.05, 3.63) is 66.0 Å². The molecule has 0 saturated carbocycles. The lowest BCUT2D eigenvalue weighted by molar-refractivity contribution is -0.136. The molecule has 2 aliphatic heterocycles. The van der Waals surface area contributed by atoms with Crippen LogP contribution in [0.3, 0.4) is 0 Å². The molecular formula is C23H27N3O3. The number of piperidine rings is 1. The van der Waals surface area contributed by atoms with Gasteiger partial charge in [0, 0.05) is 25.8 Å². The molecule has 2 fully saturated rings. The van der Waals surface area contributed by atoms with E-state index in [9.17, 15) is 9.59 Å². The van der Waals surface area contributed by atoms with E-state index >= 15 is 0 Å². The fourth-order valence-electron chi connectivity index (χ4n) is 4.25. The third-order valence-corrected chi connectivity index (χ3v) is 5.95. The highest BCUT2D eigenvalue weighted by Gasteiger charge is 2.43. The van der Waals surface area contributed by atoms with Crippen LogP contribution < -0.4 is 5.32 Å². The van der Waals surface area contributed by atoms with Gasteiger partial charge in [-0.25, -0.2) is 0 Å². The molecule has 6 heteroatoms. The molecule has 1 atom stereocenters. The van der Waals surface area contributed by atoms with Crippen LogP contribution in [0.2, 0.25) is 0 Å². The Labute approximate surface area is 171 Å². The highest BCUT2D eigenvalue weighted by atomic mass is 16.5. The van der Waals surface area contributed by atoms with Gasteiger partial charge in [0.25, 0.3) is 5.91 Å². The van der Waals surface area contributed by atoms with Gasteiger partial charge in [0.05, 0.1) is 18.1 Å². The zero-order valence-corrected chi connectivity index (χ0v) is 16.5. The second-order valence-corrected chi connectivity index (χ2v) is 7.93. The Bertz CT molecular complexity index is 833. The monoisotopic (exact) mass is 393 g/mol. The first-order valence-corrected chi connectivity index (χ1v) is 10.3. The van der Waals surface area contributed by atoms with Crippen molar-refractivity contribution >= 4 is 11.8 Å². The lowest BCUT2D eigenvalue weighted by Crippen LogP contribution is -2.47. The van der Waals surface area contributed by atoms with Crippen LogP contribution in [-0.2, 0) is 16.0 Å². The van der Waals surface area contributed by atoms with Crippen molar-refractivity contribution in [2.24, 2.45) is 0 Å². The molecule has 2 aromatic rings. The first-order chi connectivity index (χ1) is 14.1. The minimum Gasteiger partial charge on any atom is -0.370 e. The van der Waals surface area contributed by atoms with Crippen LogP contribution in [0.25, 0.3) is 0 Å². The molecule has 1 unspecified atom stereocenters. The molecule has 1 aromatic carbocycles. The van der Waals surface area contributed by atoms with Crippen molar-refractivity contribution in [2.75, 3.05) is 19.6 Å². The zero-order chi connectivity index (χ0) is 20.1. The molecule has 29 heavy (non-hydrogen) atoms. The number of carbonyl (C=O) groups excluding carboxylic acids is 2. The van der Waals surface area contributed by atoms with Gasteiger partial charge in [0.2, 0.25) is 5.91 Å². The van der Waals surface area contributed by atoms with E-state index in [-0.39, 0.29) is 23.5 Å². The maximum absolute atomic E-state index is 12.6. The first-order valence-electron chi connectivity index (χ1n) is 10.3. The maximum Gasteiger partial charge on any atom is 0.269 e. The summed E-state index contributed by atoms with van der Waals surface area (Å²) in [5, 5.41) is 2.93. The topological polar surface area (TPSA) is 71.5 Å². The molecule has 1 N–H and O–H groups in total. The number of amides is 2. The summed E-state index contributed by atoms with van der Waals surface area (Å²) in [6.07, 6.45) is 5.73. The lowest BCUT2D eigenvalue weighted by Gasteiger charge is -2.39. The molecule has 3 heterocycles. The van der Waals surface area contributed by atoms with Gasteiger partial charge in [0.15, 0.2) is 0 Å². The normalized spacial score (nSPS) is 20.6. The van der Waals surface area contributed by atoms with Gasteiger partial charge in [-0.05, 0) is 43.4 Å². The molecule has 0 aliphatic carbocycles. The highest BCUT2D eigenvalue weighted by molar-refractivity contribution is 5.92. The Morgan fingerprint density at radius 3 is 2.55 bits per heavy atom. The number of hydrogen-bond acceptors (Lipinski definition) is 4. The molecule has 6 nitrogen and oxygen atoms in total. The van der Waals surface area contributed by atoms with Crippen molar-refractivity contribution in [1.29, 1.82) is 0 Å². The van der Waals surface area contributed by atoms with E-state index in [1.54, 1.807) is 24.4 Å². The first kappa shape index (κ1) is 19.6. The lowest BCUT2D eigenvalue weighted by atomic mass is 9.88. The summed E-state index contributed by atoms with van der Waals surface area (Å²) in [4.78, 5) is 30.8. The predicted octanol–water partition coefficient (Wildman–Crippen LogP) is 2.59. The second kappa shape index (κ2) is 8.74. The van der Waals surface area contributed by atoms with Crippen molar-refractivity contribution in [3.63, 3.8) is 0 Å². The van der Waals surface area contributed by atoms with Crippen LogP contribution in [-0.4, -0.2) is 53.0 Å². The van der Waals surface area contributed by atoms with Gasteiger partial charge >= 0.3 is 0 Å². The number of aromatic nitrogens is 1. The number of rotatable bonds is 5. The van der Waals surface area contributed by atoms with Crippen LogP contribution in [0.4, 0.5) is 0 Å². The standard InChI is InChI=1S/C23H27N3O3/c27-21(16-18-6-2-1-3-7-18)26-14-11-23(12-15-26)10-9-19(29-23)17-25-22(28)20-8-4-5-13-24-20/h1-8,13,19H,9-12,14-17H2,(H,25,28). The summed E-state index contributed by atoms with van der Waals surface area (Å²) in [7, 11) is 0. The Morgan fingerprint density at radius 2 is 1.83 bits per heavy atom. The summed E-state index contributed by atoms with van der Waals surface area (Å²) in [5.74, 6) is 0.0136. The minimum atomic E-state index is -0.170. The van der Waals surface area contributed by atoms with Crippen LogP contribution in [0.15, 0.2) is 54.7 Å². The molecule has 1 spiro atoms. The Hall–Kier alpha value is -2.73. The predicted molar refractivity (Wildman–Crippen MR) is 109 cm³/mol.